The molecule has 1 aromatic rings. The summed E-state index contributed by atoms with van der Waals surface area (Å²) < 4.78 is 49.8. The van der Waals surface area contributed by atoms with Gasteiger partial charge >= 0.3 is 6.18 Å². The van der Waals surface area contributed by atoms with Gasteiger partial charge in [-0.15, -0.1) is 0 Å². The molecular formula is C11H13F4N. The molecule has 0 aliphatic carbocycles. The first kappa shape index (κ1) is 13.0. The summed E-state index contributed by atoms with van der Waals surface area (Å²) in [5, 5.41) is 0. The molecule has 1 atom stereocenters. The van der Waals surface area contributed by atoms with Gasteiger partial charge in [-0.05, 0) is 37.5 Å². The number of benzene rings is 1. The predicted molar refractivity (Wildman–Crippen MR) is 53.4 cm³/mol. The Morgan fingerprint density at radius 2 is 1.94 bits per heavy atom. The maximum atomic E-state index is 13.1. The third-order valence-corrected chi connectivity index (χ3v) is 2.23. The molecule has 0 radical (unpaired) electrons. The molecule has 0 aromatic heterocycles. The summed E-state index contributed by atoms with van der Waals surface area (Å²) >= 11 is 0. The SMILES string of the molecule is CC(N)CCc1ccc(C(F)(F)F)c(F)c1. The van der Waals surface area contributed by atoms with Crippen LogP contribution in [-0.4, -0.2) is 6.04 Å². The first-order valence-corrected chi connectivity index (χ1v) is 4.92. The fourth-order valence-corrected chi connectivity index (χ4v) is 1.34. The van der Waals surface area contributed by atoms with Crippen LogP contribution in [0.5, 0.6) is 0 Å². The largest absolute Gasteiger partial charge is 0.419 e. The van der Waals surface area contributed by atoms with Gasteiger partial charge in [0.25, 0.3) is 0 Å². The van der Waals surface area contributed by atoms with E-state index in [0.717, 1.165) is 12.1 Å². The number of alkyl halides is 3. The Morgan fingerprint density at radius 1 is 1.31 bits per heavy atom. The summed E-state index contributed by atoms with van der Waals surface area (Å²) in [4.78, 5) is 0. The van der Waals surface area contributed by atoms with E-state index in [2.05, 4.69) is 0 Å². The summed E-state index contributed by atoms with van der Waals surface area (Å²) in [5.74, 6) is -1.23. The number of aryl methyl sites for hydroxylation is 1. The molecule has 0 spiro atoms. The number of hydrogen-bond acceptors (Lipinski definition) is 1. The Labute approximate surface area is 91.3 Å². The molecule has 0 fully saturated rings. The minimum absolute atomic E-state index is 0.0506. The molecule has 0 saturated carbocycles. The normalized spacial score (nSPS) is 13.9. The van der Waals surface area contributed by atoms with E-state index in [1.807, 2.05) is 0 Å². The van der Waals surface area contributed by atoms with E-state index in [1.165, 1.54) is 6.07 Å². The van der Waals surface area contributed by atoms with Gasteiger partial charge < -0.3 is 5.73 Å². The third kappa shape index (κ3) is 3.48. The second kappa shape index (κ2) is 4.82. The van der Waals surface area contributed by atoms with Gasteiger partial charge in [0, 0.05) is 6.04 Å². The highest BCUT2D eigenvalue weighted by atomic mass is 19.4. The van der Waals surface area contributed by atoms with Crippen LogP contribution in [-0.2, 0) is 12.6 Å². The fraction of sp³-hybridized carbons (Fsp3) is 0.455. The van der Waals surface area contributed by atoms with Crippen LogP contribution < -0.4 is 5.73 Å². The van der Waals surface area contributed by atoms with Crippen LogP contribution in [0, 0.1) is 5.82 Å². The molecular weight excluding hydrogens is 222 g/mol. The van der Waals surface area contributed by atoms with Crippen molar-refractivity contribution in [2.75, 3.05) is 0 Å². The van der Waals surface area contributed by atoms with Gasteiger partial charge in [0.05, 0.1) is 5.56 Å². The van der Waals surface area contributed by atoms with E-state index in [-0.39, 0.29) is 6.04 Å². The van der Waals surface area contributed by atoms with Gasteiger partial charge in [0.15, 0.2) is 0 Å². The van der Waals surface area contributed by atoms with Crippen molar-refractivity contribution in [1.29, 1.82) is 0 Å². The maximum Gasteiger partial charge on any atom is 0.419 e. The second-order valence-corrected chi connectivity index (χ2v) is 3.83. The highest BCUT2D eigenvalue weighted by molar-refractivity contribution is 5.26. The standard InChI is InChI=1S/C11H13F4N/c1-7(16)2-3-8-4-5-9(10(12)6-8)11(13,14)15/h4-7H,2-3,16H2,1H3. The smallest absolute Gasteiger partial charge is 0.328 e. The lowest BCUT2D eigenvalue weighted by atomic mass is 10.0. The van der Waals surface area contributed by atoms with Crippen molar-refractivity contribution in [2.24, 2.45) is 5.73 Å². The Kier molecular flexibility index (Phi) is 3.91. The molecule has 16 heavy (non-hydrogen) atoms. The molecule has 0 aliphatic rings. The van der Waals surface area contributed by atoms with E-state index >= 15 is 0 Å². The van der Waals surface area contributed by atoms with Crippen molar-refractivity contribution in [2.45, 2.75) is 32.0 Å². The van der Waals surface area contributed by atoms with E-state index in [1.54, 1.807) is 6.92 Å². The molecule has 0 amide bonds. The summed E-state index contributed by atoms with van der Waals surface area (Å²) in [6.07, 6.45) is -3.54. The summed E-state index contributed by atoms with van der Waals surface area (Å²) in [5.41, 5.74) is 4.81. The van der Waals surface area contributed by atoms with Crippen molar-refractivity contribution in [1.82, 2.24) is 0 Å². The first-order chi connectivity index (χ1) is 7.30. The average molecular weight is 235 g/mol. The highest BCUT2D eigenvalue weighted by Crippen LogP contribution is 2.31. The molecule has 0 heterocycles. The van der Waals surface area contributed by atoms with Crippen molar-refractivity contribution >= 4 is 0 Å². The van der Waals surface area contributed by atoms with Gasteiger partial charge in [-0.25, -0.2) is 4.39 Å². The number of nitrogens with two attached hydrogens (primary N) is 1. The van der Waals surface area contributed by atoms with E-state index < -0.39 is 17.6 Å². The van der Waals surface area contributed by atoms with Crippen molar-refractivity contribution in [3.63, 3.8) is 0 Å². The molecule has 0 saturated heterocycles. The van der Waals surface area contributed by atoms with Gasteiger partial charge in [-0.1, -0.05) is 6.07 Å². The Morgan fingerprint density at radius 3 is 2.38 bits per heavy atom. The summed E-state index contributed by atoms with van der Waals surface area (Å²) in [6, 6.07) is 2.93. The van der Waals surface area contributed by atoms with Gasteiger partial charge in [0.1, 0.15) is 5.82 Å². The third-order valence-electron chi connectivity index (χ3n) is 2.23. The Bertz CT molecular complexity index is 357. The Balaban J connectivity index is 2.83. The van der Waals surface area contributed by atoms with Crippen LogP contribution in [0.25, 0.3) is 0 Å². The fourth-order valence-electron chi connectivity index (χ4n) is 1.34. The zero-order valence-electron chi connectivity index (χ0n) is 8.81. The molecule has 1 aromatic carbocycles. The molecule has 0 aliphatic heterocycles. The molecule has 5 heteroatoms. The van der Waals surface area contributed by atoms with Crippen LogP contribution in [0.2, 0.25) is 0 Å². The maximum absolute atomic E-state index is 13.1. The summed E-state index contributed by atoms with van der Waals surface area (Å²) in [6.45, 7) is 1.79. The van der Waals surface area contributed by atoms with Crippen molar-refractivity contribution < 1.29 is 17.6 Å². The van der Waals surface area contributed by atoms with Gasteiger partial charge in [0.2, 0.25) is 0 Å². The monoisotopic (exact) mass is 235 g/mol. The van der Waals surface area contributed by atoms with Crippen molar-refractivity contribution in [3.05, 3.63) is 35.1 Å². The lowest BCUT2D eigenvalue weighted by Gasteiger charge is -2.10. The topological polar surface area (TPSA) is 26.0 Å². The minimum Gasteiger partial charge on any atom is -0.328 e. The van der Waals surface area contributed by atoms with Crippen LogP contribution in [0.15, 0.2) is 18.2 Å². The number of halogens is 4. The highest BCUT2D eigenvalue weighted by Gasteiger charge is 2.33. The minimum atomic E-state index is -4.64. The lowest BCUT2D eigenvalue weighted by molar-refractivity contribution is -0.140. The molecule has 1 nitrogen and oxygen atoms in total. The van der Waals surface area contributed by atoms with Crippen LogP contribution >= 0.6 is 0 Å². The zero-order chi connectivity index (χ0) is 12.3. The number of rotatable bonds is 3. The molecule has 0 bridgehead atoms. The van der Waals surface area contributed by atoms with Crippen LogP contribution in [0.4, 0.5) is 17.6 Å². The Hall–Kier alpha value is -1.10. The zero-order valence-corrected chi connectivity index (χ0v) is 8.81. The van der Waals surface area contributed by atoms with Crippen molar-refractivity contribution in [3.8, 4) is 0 Å². The molecule has 1 unspecified atom stereocenters. The predicted octanol–water partition coefficient (Wildman–Crippen LogP) is 3.12. The lowest BCUT2D eigenvalue weighted by Crippen LogP contribution is -2.15. The van der Waals surface area contributed by atoms with E-state index in [9.17, 15) is 17.6 Å². The molecule has 1 rings (SSSR count). The van der Waals surface area contributed by atoms with E-state index in [0.29, 0.717) is 18.4 Å². The van der Waals surface area contributed by atoms with Gasteiger partial charge in [-0.3, -0.25) is 0 Å². The molecule has 90 valence electrons. The molecule has 2 N–H and O–H groups in total. The van der Waals surface area contributed by atoms with Crippen LogP contribution in [0.1, 0.15) is 24.5 Å². The van der Waals surface area contributed by atoms with Crippen LogP contribution in [0.3, 0.4) is 0 Å². The van der Waals surface area contributed by atoms with Gasteiger partial charge in [-0.2, -0.15) is 13.2 Å². The first-order valence-electron chi connectivity index (χ1n) is 4.92. The quantitative estimate of drug-likeness (QED) is 0.800. The second-order valence-electron chi connectivity index (χ2n) is 3.83. The average Bonchev–Trinajstić information content (AvgIpc) is 2.12. The van der Waals surface area contributed by atoms with E-state index in [4.69, 9.17) is 5.73 Å². The summed E-state index contributed by atoms with van der Waals surface area (Å²) in [7, 11) is 0. The number of hydrogen-bond donors (Lipinski definition) is 1.